The van der Waals surface area contributed by atoms with Crippen molar-refractivity contribution < 1.29 is 9.47 Å². The van der Waals surface area contributed by atoms with Crippen molar-refractivity contribution in [1.29, 1.82) is 0 Å². The first-order chi connectivity index (χ1) is 9.77. The number of para-hydroxylation sites is 1. The molecule has 0 spiro atoms. The summed E-state index contributed by atoms with van der Waals surface area (Å²) in [6.45, 7) is 3.01. The number of hydrogen-bond acceptors (Lipinski definition) is 3. The zero-order valence-electron chi connectivity index (χ0n) is 12.6. The third-order valence-corrected chi connectivity index (χ3v) is 2.82. The molecule has 0 atom stereocenters. The predicted molar refractivity (Wildman–Crippen MR) is 82.4 cm³/mol. The maximum Gasteiger partial charge on any atom is 0.193 e. The van der Waals surface area contributed by atoms with Gasteiger partial charge in [-0.05, 0) is 18.6 Å². The fraction of sp³-hybridized carbons (Fsp3) is 0.533. The Balaban J connectivity index is 2.24. The summed E-state index contributed by atoms with van der Waals surface area (Å²) in [6.07, 6.45) is 0.962. The molecule has 0 aliphatic heterocycles. The van der Waals surface area contributed by atoms with Crippen LogP contribution in [-0.4, -0.2) is 58.4 Å². The molecule has 0 saturated carbocycles. The standard InChI is InChI=1S/C15H25N3O2/c1-16-15(17-10-7-12-19-3)18(2)11-13-20-14-8-5-4-6-9-14/h4-6,8-9H,7,10-13H2,1-3H3,(H,16,17). The second kappa shape index (κ2) is 10.1. The summed E-state index contributed by atoms with van der Waals surface area (Å²) in [5.41, 5.74) is 0. The number of aliphatic imine (C=N–C) groups is 1. The van der Waals surface area contributed by atoms with E-state index in [1.807, 2.05) is 37.4 Å². The summed E-state index contributed by atoms with van der Waals surface area (Å²) in [5.74, 6) is 1.77. The quantitative estimate of drug-likeness (QED) is 0.446. The van der Waals surface area contributed by atoms with E-state index < -0.39 is 0 Å². The van der Waals surface area contributed by atoms with Crippen molar-refractivity contribution in [3.05, 3.63) is 30.3 Å². The maximum absolute atomic E-state index is 5.67. The van der Waals surface area contributed by atoms with Gasteiger partial charge in [0.1, 0.15) is 12.4 Å². The number of nitrogens with one attached hydrogen (secondary N) is 1. The molecule has 20 heavy (non-hydrogen) atoms. The average molecular weight is 279 g/mol. The van der Waals surface area contributed by atoms with Gasteiger partial charge in [0.15, 0.2) is 5.96 Å². The molecule has 0 aliphatic carbocycles. The van der Waals surface area contributed by atoms with Gasteiger partial charge >= 0.3 is 0 Å². The maximum atomic E-state index is 5.67. The van der Waals surface area contributed by atoms with E-state index in [2.05, 4.69) is 15.2 Å². The van der Waals surface area contributed by atoms with Crippen LogP contribution in [0.3, 0.4) is 0 Å². The Kier molecular flexibility index (Phi) is 8.22. The van der Waals surface area contributed by atoms with E-state index in [-0.39, 0.29) is 0 Å². The van der Waals surface area contributed by atoms with Gasteiger partial charge in [-0.3, -0.25) is 4.99 Å². The molecule has 0 bridgehead atoms. The summed E-state index contributed by atoms with van der Waals surface area (Å²) in [7, 11) is 5.50. The molecule has 0 unspecified atom stereocenters. The summed E-state index contributed by atoms with van der Waals surface area (Å²) < 4.78 is 10.7. The fourth-order valence-corrected chi connectivity index (χ4v) is 1.72. The molecule has 0 aromatic heterocycles. The normalized spacial score (nSPS) is 11.2. The molecule has 5 nitrogen and oxygen atoms in total. The van der Waals surface area contributed by atoms with Crippen LogP contribution in [0.5, 0.6) is 5.75 Å². The van der Waals surface area contributed by atoms with Gasteiger partial charge in [0.05, 0.1) is 6.54 Å². The number of ether oxygens (including phenoxy) is 2. The van der Waals surface area contributed by atoms with Crippen molar-refractivity contribution in [2.24, 2.45) is 4.99 Å². The molecule has 1 N–H and O–H groups in total. The molecule has 1 rings (SSSR count). The highest BCUT2D eigenvalue weighted by Gasteiger charge is 2.05. The van der Waals surface area contributed by atoms with Crippen molar-refractivity contribution >= 4 is 5.96 Å². The van der Waals surface area contributed by atoms with Crippen molar-refractivity contribution in [3.8, 4) is 5.75 Å². The summed E-state index contributed by atoms with van der Waals surface area (Å²) >= 11 is 0. The van der Waals surface area contributed by atoms with E-state index in [4.69, 9.17) is 9.47 Å². The minimum absolute atomic E-state index is 0.624. The van der Waals surface area contributed by atoms with E-state index in [0.717, 1.165) is 37.8 Å². The van der Waals surface area contributed by atoms with Crippen LogP contribution in [0.1, 0.15) is 6.42 Å². The van der Waals surface area contributed by atoms with Crippen LogP contribution in [0.2, 0.25) is 0 Å². The summed E-state index contributed by atoms with van der Waals surface area (Å²) in [5, 5.41) is 3.29. The number of rotatable bonds is 8. The van der Waals surface area contributed by atoms with E-state index in [1.165, 1.54) is 0 Å². The lowest BCUT2D eigenvalue weighted by Crippen LogP contribution is -2.41. The minimum Gasteiger partial charge on any atom is -0.492 e. The molecule has 112 valence electrons. The molecule has 1 aromatic rings. The van der Waals surface area contributed by atoms with Gasteiger partial charge in [-0.15, -0.1) is 0 Å². The van der Waals surface area contributed by atoms with Crippen molar-refractivity contribution in [2.75, 3.05) is 47.5 Å². The molecule has 5 heteroatoms. The Morgan fingerprint density at radius 2 is 2.00 bits per heavy atom. The monoisotopic (exact) mass is 279 g/mol. The first kappa shape index (κ1) is 16.3. The third kappa shape index (κ3) is 6.43. The van der Waals surface area contributed by atoms with Crippen LogP contribution >= 0.6 is 0 Å². The summed E-state index contributed by atoms with van der Waals surface area (Å²) in [4.78, 5) is 6.30. The zero-order valence-corrected chi connectivity index (χ0v) is 12.6. The number of benzene rings is 1. The van der Waals surface area contributed by atoms with E-state index in [0.29, 0.717) is 6.61 Å². The first-order valence-electron chi connectivity index (χ1n) is 6.86. The van der Waals surface area contributed by atoms with Crippen molar-refractivity contribution in [2.45, 2.75) is 6.42 Å². The number of guanidine groups is 1. The van der Waals surface area contributed by atoms with Gasteiger partial charge in [-0.1, -0.05) is 18.2 Å². The number of hydrogen-bond donors (Lipinski definition) is 1. The van der Waals surface area contributed by atoms with Crippen LogP contribution in [0.15, 0.2) is 35.3 Å². The second-order valence-corrected chi connectivity index (χ2v) is 4.40. The lowest BCUT2D eigenvalue weighted by atomic mass is 10.3. The molecule has 0 heterocycles. The van der Waals surface area contributed by atoms with Crippen LogP contribution in [0.25, 0.3) is 0 Å². The lowest BCUT2D eigenvalue weighted by molar-refractivity contribution is 0.195. The Labute approximate surface area is 121 Å². The Morgan fingerprint density at radius 3 is 2.65 bits per heavy atom. The van der Waals surface area contributed by atoms with Crippen LogP contribution in [0.4, 0.5) is 0 Å². The highest BCUT2D eigenvalue weighted by Crippen LogP contribution is 2.07. The minimum atomic E-state index is 0.624. The first-order valence-corrected chi connectivity index (χ1v) is 6.86. The molecule has 0 aliphatic rings. The molecule has 0 fully saturated rings. The topological polar surface area (TPSA) is 46.1 Å². The highest BCUT2D eigenvalue weighted by atomic mass is 16.5. The zero-order chi connectivity index (χ0) is 14.6. The third-order valence-electron chi connectivity index (χ3n) is 2.82. The second-order valence-electron chi connectivity index (χ2n) is 4.40. The van der Waals surface area contributed by atoms with E-state index in [1.54, 1.807) is 14.2 Å². The van der Waals surface area contributed by atoms with Gasteiger partial charge in [0, 0.05) is 34.4 Å². The number of nitrogens with zero attached hydrogens (tertiary/aromatic N) is 2. The fourth-order valence-electron chi connectivity index (χ4n) is 1.72. The molecule has 1 aromatic carbocycles. The lowest BCUT2D eigenvalue weighted by Gasteiger charge is -2.22. The number of methoxy groups -OCH3 is 1. The highest BCUT2D eigenvalue weighted by molar-refractivity contribution is 5.79. The Morgan fingerprint density at radius 1 is 1.25 bits per heavy atom. The van der Waals surface area contributed by atoms with Gasteiger partial charge in [0.2, 0.25) is 0 Å². The molecule has 0 amide bonds. The van der Waals surface area contributed by atoms with Gasteiger partial charge in [-0.2, -0.15) is 0 Å². The SMILES string of the molecule is CN=C(NCCCOC)N(C)CCOc1ccccc1. The van der Waals surface area contributed by atoms with Crippen molar-refractivity contribution in [1.82, 2.24) is 10.2 Å². The number of likely N-dealkylation sites (N-methyl/N-ethyl adjacent to an activating group) is 1. The molecule has 0 radical (unpaired) electrons. The van der Waals surface area contributed by atoms with E-state index >= 15 is 0 Å². The van der Waals surface area contributed by atoms with E-state index in [9.17, 15) is 0 Å². The Bertz CT molecular complexity index is 382. The van der Waals surface area contributed by atoms with Crippen molar-refractivity contribution in [3.63, 3.8) is 0 Å². The predicted octanol–water partition coefficient (Wildman–Crippen LogP) is 1.61. The average Bonchev–Trinajstić information content (AvgIpc) is 2.48. The van der Waals surface area contributed by atoms with Crippen LogP contribution in [0, 0.1) is 0 Å². The largest absolute Gasteiger partial charge is 0.492 e. The molecular formula is C15H25N3O2. The smallest absolute Gasteiger partial charge is 0.193 e. The van der Waals surface area contributed by atoms with Crippen LogP contribution < -0.4 is 10.1 Å². The molecule has 0 saturated heterocycles. The summed E-state index contributed by atoms with van der Waals surface area (Å²) in [6, 6.07) is 9.82. The van der Waals surface area contributed by atoms with Gasteiger partial charge in [0.25, 0.3) is 0 Å². The van der Waals surface area contributed by atoms with Gasteiger partial charge in [-0.25, -0.2) is 0 Å². The molecular weight excluding hydrogens is 254 g/mol. The van der Waals surface area contributed by atoms with Crippen LogP contribution in [-0.2, 0) is 4.74 Å². The Hall–Kier alpha value is -1.75. The van der Waals surface area contributed by atoms with Gasteiger partial charge < -0.3 is 19.7 Å².